The van der Waals surface area contributed by atoms with Crippen molar-refractivity contribution in [3.63, 3.8) is 0 Å². The van der Waals surface area contributed by atoms with Gasteiger partial charge in [0, 0.05) is 29.8 Å². The average Bonchev–Trinajstić information content (AvgIpc) is 2.74. The van der Waals surface area contributed by atoms with Crippen molar-refractivity contribution in [2.24, 2.45) is 5.92 Å². The zero-order chi connectivity index (χ0) is 21.9. The second-order valence-electron chi connectivity index (χ2n) is 7.33. The summed E-state index contributed by atoms with van der Waals surface area (Å²) in [4.78, 5) is -0.0244. The van der Waals surface area contributed by atoms with Gasteiger partial charge in [-0.2, -0.15) is 9.57 Å². The van der Waals surface area contributed by atoms with Gasteiger partial charge in [0.2, 0.25) is 10.0 Å². The summed E-state index contributed by atoms with van der Waals surface area (Å²) < 4.78 is 56.7. The van der Waals surface area contributed by atoms with Gasteiger partial charge in [0.05, 0.1) is 10.5 Å². The van der Waals surface area contributed by atoms with E-state index in [9.17, 15) is 22.3 Å². The standard InChI is InChI=1S/C21H21ClF2N2O3S/c22-17-5-7-18(8-6-17)30(28,29)26(21-4-2-1-3-14(21)13-27)12-16-10-19(23)15(11-25)9-20(16)24/h5-10,14,21,27H,1-4,12-13H2/t14-,21+/m0/s1. The van der Waals surface area contributed by atoms with Crippen LogP contribution in [0.5, 0.6) is 0 Å². The van der Waals surface area contributed by atoms with Gasteiger partial charge in [0.25, 0.3) is 0 Å². The number of hydrogen-bond acceptors (Lipinski definition) is 4. The summed E-state index contributed by atoms with van der Waals surface area (Å²) in [6.07, 6.45) is 2.75. The Morgan fingerprint density at radius 2 is 1.80 bits per heavy atom. The maximum atomic E-state index is 14.6. The minimum Gasteiger partial charge on any atom is -0.396 e. The normalized spacial score (nSPS) is 19.6. The first-order valence-electron chi connectivity index (χ1n) is 9.54. The maximum Gasteiger partial charge on any atom is 0.243 e. The molecule has 0 bridgehead atoms. The van der Waals surface area contributed by atoms with Gasteiger partial charge in [-0.25, -0.2) is 17.2 Å². The number of halogens is 3. The van der Waals surface area contributed by atoms with Crippen LogP contribution in [0.1, 0.15) is 36.8 Å². The number of rotatable bonds is 6. The van der Waals surface area contributed by atoms with Crippen molar-refractivity contribution in [2.45, 2.75) is 43.2 Å². The Morgan fingerprint density at radius 3 is 2.43 bits per heavy atom. The van der Waals surface area contributed by atoms with Gasteiger partial charge in [-0.3, -0.25) is 0 Å². The van der Waals surface area contributed by atoms with Crippen LogP contribution in [-0.2, 0) is 16.6 Å². The quantitative estimate of drug-likeness (QED) is 0.708. The van der Waals surface area contributed by atoms with Crippen molar-refractivity contribution in [1.29, 1.82) is 5.26 Å². The molecule has 2 atom stereocenters. The number of nitriles is 1. The molecular formula is C21H21ClF2N2O3S. The van der Waals surface area contributed by atoms with Crippen molar-refractivity contribution in [2.75, 3.05) is 6.61 Å². The van der Waals surface area contributed by atoms with Gasteiger partial charge in [-0.1, -0.05) is 24.4 Å². The van der Waals surface area contributed by atoms with Crippen molar-refractivity contribution in [3.8, 4) is 6.07 Å². The molecule has 2 aromatic rings. The monoisotopic (exact) mass is 454 g/mol. The smallest absolute Gasteiger partial charge is 0.243 e. The van der Waals surface area contributed by atoms with Gasteiger partial charge in [0.1, 0.15) is 17.7 Å². The molecule has 1 aliphatic carbocycles. The molecule has 0 aliphatic heterocycles. The summed E-state index contributed by atoms with van der Waals surface area (Å²) in [6.45, 7) is -0.623. The number of aliphatic hydroxyl groups excluding tert-OH is 1. The van der Waals surface area contributed by atoms with Crippen LogP contribution in [0, 0.1) is 28.9 Å². The topological polar surface area (TPSA) is 81.4 Å². The highest BCUT2D eigenvalue weighted by molar-refractivity contribution is 7.89. The van der Waals surface area contributed by atoms with Gasteiger partial charge in [0.15, 0.2) is 0 Å². The maximum absolute atomic E-state index is 14.6. The van der Waals surface area contributed by atoms with Crippen LogP contribution >= 0.6 is 11.6 Å². The molecule has 0 radical (unpaired) electrons. The lowest BCUT2D eigenvalue weighted by Crippen LogP contribution is -2.46. The highest BCUT2D eigenvalue weighted by Gasteiger charge is 2.38. The number of hydrogen-bond donors (Lipinski definition) is 1. The Balaban J connectivity index is 2.07. The summed E-state index contributed by atoms with van der Waals surface area (Å²) in [5.74, 6) is -2.09. The molecule has 1 N–H and O–H groups in total. The minimum absolute atomic E-state index is 0.0244. The van der Waals surface area contributed by atoms with Crippen LogP contribution < -0.4 is 0 Å². The first kappa shape index (κ1) is 22.6. The van der Waals surface area contributed by atoms with Crippen LogP contribution in [-0.4, -0.2) is 30.5 Å². The van der Waals surface area contributed by atoms with E-state index in [1.54, 1.807) is 6.07 Å². The molecule has 1 fully saturated rings. The van der Waals surface area contributed by atoms with Crippen LogP contribution in [0.4, 0.5) is 8.78 Å². The molecule has 0 aromatic heterocycles. The third-order valence-corrected chi connectivity index (χ3v) is 7.61. The molecule has 2 aromatic carbocycles. The lowest BCUT2D eigenvalue weighted by molar-refractivity contribution is 0.109. The fraction of sp³-hybridized carbons (Fsp3) is 0.381. The third kappa shape index (κ3) is 4.65. The second kappa shape index (κ2) is 9.40. The van der Waals surface area contributed by atoms with E-state index in [1.165, 1.54) is 24.3 Å². The average molecular weight is 455 g/mol. The van der Waals surface area contributed by atoms with E-state index in [-0.39, 0.29) is 23.0 Å². The lowest BCUT2D eigenvalue weighted by Gasteiger charge is -2.38. The molecule has 0 saturated heterocycles. The Bertz CT molecular complexity index is 1060. The largest absolute Gasteiger partial charge is 0.396 e. The molecule has 0 amide bonds. The minimum atomic E-state index is -4.09. The van der Waals surface area contributed by atoms with Crippen LogP contribution in [0.3, 0.4) is 0 Å². The zero-order valence-corrected chi connectivity index (χ0v) is 17.6. The first-order valence-corrected chi connectivity index (χ1v) is 11.4. The predicted molar refractivity (Wildman–Crippen MR) is 108 cm³/mol. The molecular weight excluding hydrogens is 434 g/mol. The van der Waals surface area contributed by atoms with Crippen LogP contribution in [0.25, 0.3) is 0 Å². The second-order valence-corrected chi connectivity index (χ2v) is 9.66. The van der Waals surface area contributed by atoms with Crippen molar-refractivity contribution in [3.05, 3.63) is 64.2 Å². The summed E-state index contributed by atoms with van der Waals surface area (Å²) in [5, 5.41) is 19.1. The van der Waals surface area contributed by atoms with Gasteiger partial charge in [-0.15, -0.1) is 0 Å². The molecule has 0 heterocycles. The summed E-state index contributed by atoms with van der Waals surface area (Å²) in [7, 11) is -4.09. The number of sulfonamides is 1. The van der Waals surface area contributed by atoms with Crippen LogP contribution in [0.15, 0.2) is 41.3 Å². The van der Waals surface area contributed by atoms with E-state index in [0.29, 0.717) is 17.9 Å². The van der Waals surface area contributed by atoms with E-state index in [2.05, 4.69) is 0 Å². The van der Waals surface area contributed by atoms with E-state index in [0.717, 1.165) is 29.3 Å². The summed E-state index contributed by atoms with van der Waals surface area (Å²) >= 11 is 5.87. The Morgan fingerprint density at radius 1 is 1.13 bits per heavy atom. The fourth-order valence-electron chi connectivity index (χ4n) is 3.87. The van der Waals surface area contributed by atoms with E-state index < -0.39 is 39.8 Å². The van der Waals surface area contributed by atoms with Crippen molar-refractivity contribution in [1.82, 2.24) is 4.31 Å². The molecule has 0 unspecified atom stereocenters. The molecule has 5 nitrogen and oxygen atoms in total. The molecule has 30 heavy (non-hydrogen) atoms. The van der Waals surface area contributed by atoms with Gasteiger partial charge in [-0.05, 0) is 55.2 Å². The highest BCUT2D eigenvalue weighted by atomic mass is 35.5. The van der Waals surface area contributed by atoms with Crippen molar-refractivity contribution >= 4 is 21.6 Å². The van der Waals surface area contributed by atoms with E-state index in [1.807, 2.05) is 0 Å². The van der Waals surface area contributed by atoms with E-state index >= 15 is 0 Å². The molecule has 3 rings (SSSR count). The lowest BCUT2D eigenvalue weighted by atomic mass is 9.85. The molecule has 1 saturated carbocycles. The molecule has 160 valence electrons. The van der Waals surface area contributed by atoms with Gasteiger partial charge < -0.3 is 5.11 Å². The van der Waals surface area contributed by atoms with Crippen molar-refractivity contribution < 1.29 is 22.3 Å². The number of nitrogens with zero attached hydrogens (tertiary/aromatic N) is 2. The zero-order valence-electron chi connectivity index (χ0n) is 16.1. The van der Waals surface area contributed by atoms with Crippen LogP contribution in [0.2, 0.25) is 5.02 Å². The first-order chi connectivity index (χ1) is 14.3. The fourth-order valence-corrected chi connectivity index (χ4v) is 5.69. The number of aliphatic hydroxyl groups is 1. The summed E-state index contributed by atoms with van der Waals surface area (Å²) in [5.41, 5.74) is -0.624. The molecule has 0 spiro atoms. The SMILES string of the molecule is N#Cc1cc(F)c(CN([C@@H]2CCCC[C@H]2CO)S(=O)(=O)c2ccc(Cl)cc2)cc1F. The van der Waals surface area contributed by atoms with E-state index in [4.69, 9.17) is 16.9 Å². The highest BCUT2D eigenvalue weighted by Crippen LogP contribution is 2.34. The van der Waals surface area contributed by atoms with Gasteiger partial charge >= 0.3 is 0 Å². The number of benzene rings is 2. The Kier molecular flexibility index (Phi) is 7.09. The summed E-state index contributed by atoms with van der Waals surface area (Å²) in [6, 6.07) is 8.22. The molecule has 9 heteroatoms. The predicted octanol–water partition coefficient (Wildman–Crippen LogP) is 4.23. The Labute approximate surface area is 179 Å². The molecule has 1 aliphatic rings. The third-order valence-electron chi connectivity index (χ3n) is 5.48. The Hall–Kier alpha value is -2.05.